The molecule has 4 nitrogen and oxygen atoms in total. The fraction of sp³-hybridized carbons (Fsp3) is 0.385. The Kier molecular flexibility index (Phi) is 2.44. The summed E-state index contributed by atoms with van der Waals surface area (Å²) in [6.45, 7) is 0. The van der Waals surface area contributed by atoms with Gasteiger partial charge < -0.3 is 5.11 Å². The van der Waals surface area contributed by atoms with Crippen LogP contribution in [-0.4, -0.2) is 19.9 Å². The fourth-order valence-electron chi connectivity index (χ4n) is 2.41. The van der Waals surface area contributed by atoms with Gasteiger partial charge in [-0.15, -0.1) is 0 Å². The molecule has 0 aliphatic heterocycles. The zero-order valence-electron chi connectivity index (χ0n) is 9.69. The quantitative estimate of drug-likeness (QED) is 0.870. The molecule has 1 N–H and O–H groups in total. The Hall–Kier alpha value is -1.68. The second-order valence-corrected chi connectivity index (χ2v) is 4.60. The lowest BCUT2D eigenvalue weighted by Gasteiger charge is -2.09. The molecular formula is C13H15N3O. The normalized spacial score (nSPS) is 24.6. The van der Waals surface area contributed by atoms with Crippen LogP contribution in [0.25, 0.3) is 0 Å². The summed E-state index contributed by atoms with van der Waals surface area (Å²) < 4.78 is 1.64. The molecule has 17 heavy (non-hydrogen) atoms. The highest BCUT2D eigenvalue weighted by Crippen LogP contribution is 2.53. The summed E-state index contributed by atoms with van der Waals surface area (Å²) in [4.78, 5) is 4.11. The first-order valence-electron chi connectivity index (χ1n) is 5.84. The Morgan fingerprint density at radius 3 is 2.76 bits per heavy atom. The predicted octanol–water partition coefficient (Wildman–Crippen LogP) is 1.65. The maximum atomic E-state index is 10.2. The van der Waals surface area contributed by atoms with Gasteiger partial charge in [0.1, 0.15) is 12.4 Å². The zero-order valence-corrected chi connectivity index (χ0v) is 9.69. The monoisotopic (exact) mass is 229 g/mol. The van der Waals surface area contributed by atoms with E-state index >= 15 is 0 Å². The van der Waals surface area contributed by atoms with Crippen molar-refractivity contribution in [1.29, 1.82) is 0 Å². The number of nitrogens with zero attached hydrogens (tertiary/aromatic N) is 3. The molecule has 0 saturated heterocycles. The molecular weight excluding hydrogens is 214 g/mol. The van der Waals surface area contributed by atoms with Crippen molar-refractivity contribution in [3.63, 3.8) is 0 Å². The number of rotatable bonds is 3. The van der Waals surface area contributed by atoms with Crippen LogP contribution in [0.15, 0.2) is 36.7 Å². The van der Waals surface area contributed by atoms with E-state index in [1.165, 1.54) is 11.9 Å². The van der Waals surface area contributed by atoms with Crippen LogP contribution in [0, 0.1) is 5.92 Å². The average Bonchev–Trinajstić information content (AvgIpc) is 3.05. The smallest absolute Gasteiger partial charge is 0.155 e. The second kappa shape index (κ2) is 3.96. The predicted molar refractivity (Wildman–Crippen MR) is 63.3 cm³/mol. The lowest BCUT2D eigenvalue weighted by Crippen LogP contribution is -2.09. The third kappa shape index (κ3) is 1.85. The molecule has 1 aromatic heterocycles. The van der Waals surface area contributed by atoms with Crippen molar-refractivity contribution >= 4 is 0 Å². The molecule has 0 spiro atoms. The van der Waals surface area contributed by atoms with Gasteiger partial charge in [0.15, 0.2) is 5.82 Å². The first-order valence-corrected chi connectivity index (χ1v) is 5.84. The minimum Gasteiger partial charge on any atom is -0.385 e. The van der Waals surface area contributed by atoms with Crippen LogP contribution < -0.4 is 0 Å². The van der Waals surface area contributed by atoms with Crippen LogP contribution in [0.2, 0.25) is 0 Å². The highest BCUT2D eigenvalue weighted by atomic mass is 16.3. The first kappa shape index (κ1) is 10.5. The van der Waals surface area contributed by atoms with Crippen LogP contribution in [0.1, 0.15) is 29.8 Å². The minimum atomic E-state index is -0.507. The van der Waals surface area contributed by atoms with Crippen molar-refractivity contribution in [2.45, 2.75) is 18.4 Å². The van der Waals surface area contributed by atoms with E-state index in [4.69, 9.17) is 0 Å². The molecule has 3 unspecified atom stereocenters. The molecule has 1 aromatic carbocycles. The van der Waals surface area contributed by atoms with Crippen molar-refractivity contribution in [1.82, 2.24) is 14.8 Å². The summed E-state index contributed by atoms with van der Waals surface area (Å²) in [5, 5.41) is 14.2. The summed E-state index contributed by atoms with van der Waals surface area (Å²) >= 11 is 0. The van der Waals surface area contributed by atoms with Gasteiger partial charge in [-0.3, -0.25) is 4.68 Å². The summed E-state index contributed by atoms with van der Waals surface area (Å²) in [6.07, 6.45) is 2.00. The highest BCUT2D eigenvalue weighted by Gasteiger charge is 2.45. The summed E-state index contributed by atoms with van der Waals surface area (Å²) in [5.74, 6) is 1.40. The van der Waals surface area contributed by atoms with E-state index in [-0.39, 0.29) is 5.92 Å². The minimum absolute atomic E-state index is 0.278. The van der Waals surface area contributed by atoms with E-state index < -0.39 is 6.10 Å². The molecule has 3 rings (SSSR count). The Morgan fingerprint density at radius 2 is 2.12 bits per heavy atom. The van der Waals surface area contributed by atoms with Crippen LogP contribution in [0.5, 0.6) is 0 Å². The van der Waals surface area contributed by atoms with Crippen molar-refractivity contribution in [3.8, 4) is 0 Å². The van der Waals surface area contributed by atoms with Crippen LogP contribution in [0.4, 0.5) is 0 Å². The first-order chi connectivity index (χ1) is 8.27. The van der Waals surface area contributed by atoms with Gasteiger partial charge in [-0.1, -0.05) is 30.3 Å². The van der Waals surface area contributed by atoms with Gasteiger partial charge in [0, 0.05) is 7.05 Å². The van der Waals surface area contributed by atoms with E-state index in [0.29, 0.717) is 11.7 Å². The third-order valence-electron chi connectivity index (χ3n) is 3.48. The number of hydrogen-bond donors (Lipinski definition) is 1. The number of aryl methyl sites for hydroxylation is 1. The Morgan fingerprint density at radius 1 is 1.35 bits per heavy atom. The molecule has 1 heterocycles. The number of aromatic nitrogens is 3. The van der Waals surface area contributed by atoms with Gasteiger partial charge in [0.05, 0.1) is 0 Å². The molecule has 1 fully saturated rings. The molecule has 0 bridgehead atoms. The molecule has 88 valence electrons. The van der Waals surface area contributed by atoms with Gasteiger partial charge in [-0.05, 0) is 23.8 Å². The van der Waals surface area contributed by atoms with Crippen molar-refractivity contribution < 1.29 is 5.11 Å². The van der Waals surface area contributed by atoms with Crippen LogP contribution in [-0.2, 0) is 7.05 Å². The molecule has 1 aliphatic rings. The largest absolute Gasteiger partial charge is 0.385 e. The van der Waals surface area contributed by atoms with E-state index in [1.807, 2.05) is 25.2 Å². The molecule has 0 radical (unpaired) electrons. The number of benzene rings is 1. The van der Waals surface area contributed by atoms with E-state index in [0.717, 1.165) is 6.42 Å². The molecule has 1 saturated carbocycles. The lowest BCUT2D eigenvalue weighted by molar-refractivity contribution is 0.137. The summed E-state index contributed by atoms with van der Waals surface area (Å²) in [7, 11) is 1.81. The van der Waals surface area contributed by atoms with E-state index in [2.05, 4.69) is 22.2 Å². The SMILES string of the molecule is Cn1ncnc1C(O)C1CC1c1ccccc1. The van der Waals surface area contributed by atoms with Gasteiger partial charge in [-0.25, -0.2) is 4.98 Å². The second-order valence-electron chi connectivity index (χ2n) is 4.60. The maximum absolute atomic E-state index is 10.2. The zero-order chi connectivity index (χ0) is 11.8. The Balaban J connectivity index is 1.75. The van der Waals surface area contributed by atoms with Crippen LogP contribution >= 0.6 is 0 Å². The molecule has 2 aromatic rings. The van der Waals surface area contributed by atoms with Gasteiger partial charge in [0.25, 0.3) is 0 Å². The topological polar surface area (TPSA) is 50.9 Å². The van der Waals surface area contributed by atoms with Crippen molar-refractivity contribution in [2.75, 3.05) is 0 Å². The van der Waals surface area contributed by atoms with E-state index in [9.17, 15) is 5.11 Å². The standard InChI is InChI=1S/C13H15N3O/c1-16-13(14-8-15-16)12(17)11-7-10(11)9-5-3-2-4-6-9/h2-6,8,10-12,17H,7H2,1H3. The van der Waals surface area contributed by atoms with Gasteiger partial charge in [0.2, 0.25) is 0 Å². The number of aliphatic hydroxyl groups is 1. The summed E-state index contributed by atoms with van der Waals surface area (Å²) in [6, 6.07) is 10.3. The van der Waals surface area contributed by atoms with Crippen molar-refractivity contribution in [2.24, 2.45) is 13.0 Å². The lowest BCUT2D eigenvalue weighted by atomic mass is 10.1. The average molecular weight is 229 g/mol. The third-order valence-corrected chi connectivity index (χ3v) is 3.48. The number of aliphatic hydroxyl groups excluding tert-OH is 1. The Labute approximate surface area is 99.9 Å². The Bertz CT molecular complexity index is 508. The maximum Gasteiger partial charge on any atom is 0.155 e. The fourth-order valence-corrected chi connectivity index (χ4v) is 2.41. The summed E-state index contributed by atoms with van der Waals surface area (Å²) in [5.41, 5.74) is 1.30. The molecule has 3 atom stereocenters. The highest BCUT2D eigenvalue weighted by molar-refractivity contribution is 5.27. The molecule has 1 aliphatic carbocycles. The van der Waals surface area contributed by atoms with Gasteiger partial charge >= 0.3 is 0 Å². The number of hydrogen-bond acceptors (Lipinski definition) is 3. The molecule has 0 amide bonds. The van der Waals surface area contributed by atoms with Crippen molar-refractivity contribution in [3.05, 3.63) is 48.0 Å². The van der Waals surface area contributed by atoms with Gasteiger partial charge in [-0.2, -0.15) is 5.10 Å². The van der Waals surface area contributed by atoms with Crippen LogP contribution in [0.3, 0.4) is 0 Å². The van der Waals surface area contributed by atoms with E-state index in [1.54, 1.807) is 4.68 Å². The molecule has 4 heteroatoms.